The summed E-state index contributed by atoms with van der Waals surface area (Å²) in [7, 11) is 0. The number of hydrogen-bond donors (Lipinski definition) is 0. The molecule has 138 valence electrons. The van der Waals surface area contributed by atoms with Crippen molar-refractivity contribution in [2.75, 3.05) is 26.2 Å². The van der Waals surface area contributed by atoms with Crippen molar-refractivity contribution in [3.05, 3.63) is 40.5 Å². The molecular weight excluding hydrogens is 369 g/mol. The van der Waals surface area contributed by atoms with E-state index >= 15 is 0 Å². The molecule has 1 aromatic heterocycles. The Morgan fingerprint density at radius 1 is 1.04 bits per heavy atom. The van der Waals surface area contributed by atoms with Gasteiger partial charge in [0.25, 0.3) is 0 Å². The van der Waals surface area contributed by atoms with Gasteiger partial charge < -0.3 is 9.64 Å². The summed E-state index contributed by atoms with van der Waals surface area (Å²) in [5, 5.41) is 5.61. The molecule has 6 heteroatoms. The summed E-state index contributed by atoms with van der Waals surface area (Å²) in [4.78, 5) is 2.65. The number of aromatic nitrogens is 2. The molecular formula is C20H23Cl2N3O. The van der Waals surface area contributed by atoms with Crippen molar-refractivity contribution in [2.45, 2.75) is 32.1 Å². The van der Waals surface area contributed by atoms with Gasteiger partial charge in [-0.3, -0.25) is 0 Å². The first-order valence-electron chi connectivity index (χ1n) is 9.46. The van der Waals surface area contributed by atoms with Gasteiger partial charge in [0, 0.05) is 24.2 Å². The van der Waals surface area contributed by atoms with Crippen LogP contribution in [0.5, 0.6) is 5.88 Å². The van der Waals surface area contributed by atoms with E-state index in [1.54, 1.807) is 10.7 Å². The number of nitrogens with zero attached hydrogens (tertiary/aromatic N) is 3. The van der Waals surface area contributed by atoms with Gasteiger partial charge in [-0.15, -0.1) is 5.10 Å². The van der Waals surface area contributed by atoms with Gasteiger partial charge in [0.2, 0.25) is 5.88 Å². The van der Waals surface area contributed by atoms with Gasteiger partial charge in [0.1, 0.15) is 0 Å². The molecule has 0 spiro atoms. The normalized spacial score (nSPS) is 30.1. The van der Waals surface area contributed by atoms with Gasteiger partial charge in [-0.1, -0.05) is 23.2 Å². The van der Waals surface area contributed by atoms with Crippen LogP contribution in [0.3, 0.4) is 0 Å². The van der Waals surface area contributed by atoms with Crippen LogP contribution in [-0.2, 0) is 0 Å². The average Bonchev–Trinajstić information content (AvgIpc) is 3.15. The standard InChI is InChI=1S/C20H23Cl2N3O/c21-16-4-3-15(11-17(16)22)25-10-5-18(23-25)26-14-20-7-6-19(20,12-20)13-24-8-1-2-9-24/h3-5,10-11H,1-2,6-9,12-14H2/t19-,20+/m0/s1. The first kappa shape index (κ1) is 16.9. The third-order valence-corrected chi connectivity index (χ3v) is 7.45. The maximum absolute atomic E-state index is 6.10. The highest BCUT2D eigenvalue weighted by molar-refractivity contribution is 6.42. The van der Waals surface area contributed by atoms with Gasteiger partial charge in [-0.2, -0.15) is 0 Å². The number of halogens is 2. The Bertz CT molecular complexity index is 832. The highest BCUT2D eigenvalue weighted by atomic mass is 35.5. The minimum atomic E-state index is 0.406. The van der Waals surface area contributed by atoms with Crippen molar-refractivity contribution < 1.29 is 4.74 Å². The van der Waals surface area contributed by atoms with Crippen molar-refractivity contribution in [3.63, 3.8) is 0 Å². The number of benzene rings is 1. The van der Waals surface area contributed by atoms with Crippen LogP contribution in [0, 0.1) is 10.8 Å². The molecule has 4 nitrogen and oxygen atoms in total. The van der Waals surface area contributed by atoms with Crippen LogP contribution >= 0.6 is 23.2 Å². The van der Waals surface area contributed by atoms with E-state index in [9.17, 15) is 0 Å². The second-order valence-electron chi connectivity index (χ2n) is 8.21. The molecule has 2 heterocycles. The van der Waals surface area contributed by atoms with E-state index in [4.69, 9.17) is 27.9 Å². The summed E-state index contributed by atoms with van der Waals surface area (Å²) in [6, 6.07) is 7.42. The zero-order valence-corrected chi connectivity index (χ0v) is 16.3. The topological polar surface area (TPSA) is 30.3 Å². The largest absolute Gasteiger partial charge is 0.476 e. The Morgan fingerprint density at radius 3 is 2.58 bits per heavy atom. The second-order valence-corrected chi connectivity index (χ2v) is 9.02. The highest BCUT2D eigenvalue weighted by Gasteiger charge is 2.74. The predicted molar refractivity (Wildman–Crippen MR) is 103 cm³/mol. The fourth-order valence-electron chi connectivity index (χ4n) is 4.93. The number of hydrogen-bond acceptors (Lipinski definition) is 3. The van der Waals surface area contributed by atoms with Gasteiger partial charge in [-0.05, 0) is 68.8 Å². The van der Waals surface area contributed by atoms with E-state index in [-0.39, 0.29) is 0 Å². The monoisotopic (exact) mass is 391 g/mol. The third-order valence-electron chi connectivity index (χ3n) is 6.71. The summed E-state index contributed by atoms with van der Waals surface area (Å²) in [5.74, 6) is 0.680. The zero-order valence-electron chi connectivity index (χ0n) is 14.8. The molecule has 1 aromatic carbocycles. The predicted octanol–water partition coefficient (Wildman–Crippen LogP) is 4.82. The van der Waals surface area contributed by atoms with E-state index in [0.717, 1.165) is 12.3 Å². The lowest BCUT2D eigenvalue weighted by Gasteiger charge is -2.37. The average molecular weight is 392 g/mol. The quantitative estimate of drug-likeness (QED) is 0.706. The lowest BCUT2D eigenvalue weighted by Crippen LogP contribution is -2.39. The van der Waals surface area contributed by atoms with Gasteiger partial charge >= 0.3 is 0 Å². The first-order valence-corrected chi connectivity index (χ1v) is 10.2. The van der Waals surface area contributed by atoms with Crippen molar-refractivity contribution >= 4 is 23.2 Å². The van der Waals surface area contributed by atoms with Crippen LogP contribution < -0.4 is 4.74 Å². The van der Waals surface area contributed by atoms with E-state index in [2.05, 4.69) is 10.00 Å². The molecule has 0 N–H and O–H groups in total. The Labute approximate surface area is 164 Å². The Morgan fingerprint density at radius 2 is 1.85 bits per heavy atom. The molecule has 0 radical (unpaired) electrons. The molecule has 2 atom stereocenters. The molecule has 2 aromatic rings. The van der Waals surface area contributed by atoms with Crippen LogP contribution in [0.1, 0.15) is 32.1 Å². The van der Waals surface area contributed by atoms with Crippen molar-refractivity contribution in [2.24, 2.45) is 10.8 Å². The molecule has 2 saturated carbocycles. The number of ether oxygens (including phenoxy) is 1. The molecule has 0 unspecified atom stereocenters. The van der Waals surface area contributed by atoms with Crippen molar-refractivity contribution in [3.8, 4) is 11.6 Å². The summed E-state index contributed by atoms with van der Waals surface area (Å²) < 4.78 is 7.87. The summed E-state index contributed by atoms with van der Waals surface area (Å²) >= 11 is 12.1. The lowest BCUT2D eigenvalue weighted by molar-refractivity contribution is 0.0731. The maximum Gasteiger partial charge on any atom is 0.233 e. The molecule has 1 saturated heterocycles. The summed E-state index contributed by atoms with van der Waals surface area (Å²) in [6.45, 7) is 4.63. The molecule has 2 aliphatic carbocycles. The molecule has 5 rings (SSSR count). The second kappa shape index (κ2) is 6.15. The molecule has 3 aliphatic rings. The third kappa shape index (κ3) is 2.74. The number of likely N-dealkylation sites (tertiary alicyclic amines) is 1. The SMILES string of the molecule is Clc1ccc(-n2ccc(OC[C@]34CC[C@@]3(CN3CCCC3)C4)n2)cc1Cl. The van der Waals surface area contributed by atoms with Crippen LogP contribution in [0.25, 0.3) is 5.69 Å². The van der Waals surface area contributed by atoms with E-state index in [1.807, 2.05) is 24.4 Å². The van der Waals surface area contributed by atoms with Gasteiger partial charge in [-0.25, -0.2) is 4.68 Å². The Hall–Kier alpha value is -1.23. The summed E-state index contributed by atoms with van der Waals surface area (Å²) in [6.07, 6.45) is 8.62. The van der Waals surface area contributed by atoms with Gasteiger partial charge in [0.15, 0.2) is 0 Å². The lowest BCUT2D eigenvalue weighted by atomic mass is 9.74. The smallest absolute Gasteiger partial charge is 0.233 e. The Kier molecular flexibility index (Phi) is 4.00. The van der Waals surface area contributed by atoms with Crippen LogP contribution in [0.2, 0.25) is 10.0 Å². The van der Waals surface area contributed by atoms with E-state index < -0.39 is 0 Å². The van der Waals surface area contributed by atoms with E-state index in [0.29, 0.717) is 26.8 Å². The van der Waals surface area contributed by atoms with Crippen LogP contribution in [0.15, 0.2) is 30.5 Å². The van der Waals surface area contributed by atoms with E-state index in [1.165, 1.54) is 51.7 Å². The molecule has 26 heavy (non-hydrogen) atoms. The first-order chi connectivity index (χ1) is 12.6. The van der Waals surface area contributed by atoms with Crippen molar-refractivity contribution in [1.82, 2.24) is 14.7 Å². The van der Waals surface area contributed by atoms with Gasteiger partial charge in [0.05, 0.1) is 22.3 Å². The fourth-order valence-corrected chi connectivity index (χ4v) is 5.22. The molecule has 3 fully saturated rings. The summed E-state index contributed by atoms with van der Waals surface area (Å²) in [5.41, 5.74) is 1.82. The minimum absolute atomic E-state index is 0.406. The van der Waals surface area contributed by atoms with Crippen LogP contribution in [0.4, 0.5) is 0 Å². The minimum Gasteiger partial charge on any atom is -0.476 e. The highest BCUT2D eigenvalue weighted by Crippen LogP contribution is 2.77. The zero-order chi connectivity index (χ0) is 17.8. The van der Waals surface area contributed by atoms with Crippen LogP contribution in [-0.4, -0.2) is 40.9 Å². The maximum atomic E-state index is 6.10. The molecule has 0 amide bonds. The number of fused-ring (bicyclic) bond motifs is 1. The molecule has 0 bridgehead atoms. The number of rotatable bonds is 6. The molecule has 1 aliphatic heterocycles. The fraction of sp³-hybridized carbons (Fsp3) is 0.550. The Balaban J connectivity index is 1.22. The van der Waals surface area contributed by atoms with Crippen molar-refractivity contribution in [1.29, 1.82) is 0 Å².